The van der Waals surface area contributed by atoms with Crippen LogP contribution in [-0.2, 0) is 22.4 Å². The van der Waals surface area contributed by atoms with Gasteiger partial charge in [-0.1, -0.05) is 6.92 Å². The standard InChI is InChI=1S/C18H26N2O3S/c1-3-23-18(22)16-13-7-4-8-14(13)24-17(16)19-15(21)11-20-9-5-6-12(2)10-20/h12H,3-11H2,1-2H3,(H,19,21)/p+1/t12-/m0/s1. The Labute approximate surface area is 147 Å². The van der Waals surface area contributed by atoms with Crippen molar-refractivity contribution in [2.24, 2.45) is 5.92 Å². The lowest BCUT2D eigenvalue weighted by Crippen LogP contribution is -3.14. The van der Waals surface area contributed by atoms with Crippen molar-refractivity contribution in [2.75, 3.05) is 31.6 Å². The lowest BCUT2D eigenvalue weighted by molar-refractivity contribution is -0.900. The number of likely N-dealkylation sites (tertiary alicyclic amines) is 1. The van der Waals surface area contributed by atoms with Crippen molar-refractivity contribution in [3.05, 3.63) is 16.0 Å². The third kappa shape index (κ3) is 3.81. The zero-order chi connectivity index (χ0) is 17.1. The molecular weight excluding hydrogens is 324 g/mol. The van der Waals surface area contributed by atoms with Gasteiger partial charge in [0.25, 0.3) is 5.91 Å². The number of aryl methyl sites for hydroxylation is 1. The Bertz CT molecular complexity index is 626. The van der Waals surface area contributed by atoms with Gasteiger partial charge >= 0.3 is 5.97 Å². The molecule has 2 aliphatic rings. The highest BCUT2D eigenvalue weighted by atomic mass is 32.1. The Balaban J connectivity index is 1.70. The lowest BCUT2D eigenvalue weighted by Gasteiger charge is -2.27. The van der Waals surface area contributed by atoms with E-state index >= 15 is 0 Å². The van der Waals surface area contributed by atoms with Gasteiger partial charge in [-0.3, -0.25) is 4.79 Å². The van der Waals surface area contributed by atoms with Crippen LogP contribution >= 0.6 is 11.3 Å². The number of hydrogen-bond donors (Lipinski definition) is 2. The Hall–Kier alpha value is -1.40. The second kappa shape index (κ2) is 7.66. The van der Waals surface area contributed by atoms with Gasteiger partial charge in [0, 0.05) is 10.8 Å². The number of nitrogens with one attached hydrogen (secondary N) is 2. The molecule has 0 saturated carbocycles. The molecule has 0 bridgehead atoms. The molecule has 2 atom stereocenters. The fourth-order valence-electron chi connectivity index (χ4n) is 3.87. The van der Waals surface area contributed by atoms with Crippen molar-refractivity contribution in [1.29, 1.82) is 0 Å². The summed E-state index contributed by atoms with van der Waals surface area (Å²) in [5, 5.41) is 3.69. The number of carbonyl (C=O) groups is 2. The Morgan fingerprint density at radius 3 is 2.92 bits per heavy atom. The van der Waals surface area contributed by atoms with E-state index in [0.29, 0.717) is 29.6 Å². The summed E-state index contributed by atoms with van der Waals surface area (Å²) in [5.41, 5.74) is 1.69. The van der Waals surface area contributed by atoms with Crippen LogP contribution in [0.15, 0.2) is 0 Å². The largest absolute Gasteiger partial charge is 0.462 e. The molecule has 2 heterocycles. The molecular formula is C18H27N2O3S+. The van der Waals surface area contributed by atoms with E-state index in [9.17, 15) is 9.59 Å². The Kier molecular flexibility index (Phi) is 5.56. The van der Waals surface area contributed by atoms with Gasteiger partial charge in [-0.05, 0) is 44.6 Å². The van der Waals surface area contributed by atoms with Crippen molar-refractivity contribution in [3.8, 4) is 0 Å². The average molecular weight is 351 g/mol. The molecule has 0 spiro atoms. The van der Waals surface area contributed by atoms with Crippen LogP contribution in [-0.4, -0.2) is 38.1 Å². The molecule has 6 heteroatoms. The van der Waals surface area contributed by atoms with Gasteiger partial charge in [-0.15, -0.1) is 11.3 Å². The van der Waals surface area contributed by atoms with Crippen molar-refractivity contribution < 1.29 is 19.2 Å². The molecule has 0 aromatic carbocycles. The minimum atomic E-state index is -0.300. The van der Waals surface area contributed by atoms with E-state index in [0.717, 1.165) is 37.9 Å². The fraction of sp³-hybridized carbons (Fsp3) is 0.667. The summed E-state index contributed by atoms with van der Waals surface area (Å²) < 4.78 is 5.21. The molecule has 1 aromatic heterocycles. The van der Waals surface area contributed by atoms with E-state index in [-0.39, 0.29) is 11.9 Å². The van der Waals surface area contributed by atoms with Gasteiger partial charge in [-0.25, -0.2) is 4.79 Å². The van der Waals surface area contributed by atoms with Crippen LogP contribution in [0, 0.1) is 5.92 Å². The van der Waals surface area contributed by atoms with E-state index in [1.807, 2.05) is 6.92 Å². The summed E-state index contributed by atoms with van der Waals surface area (Å²) in [6.45, 7) is 7.01. The second-order valence-corrected chi connectivity index (χ2v) is 8.06. The molecule has 1 fully saturated rings. The number of piperidine rings is 1. The molecule has 1 unspecified atom stereocenters. The van der Waals surface area contributed by atoms with E-state index in [4.69, 9.17) is 4.74 Å². The fourth-order valence-corrected chi connectivity index (χ4v) is 5.16. The first-order valence-corrected chi connectivity index (χ1v) is 9.85. The number of hydrogen-bond acceptors (Lipinski definition) is 4. The summed E-state index contributed by atoms with van der Waals surface area (Å²) in [7, 11) is 0. The second-order valence-electron chi connectivity index (χ2n) is 6.96. The molecule has 5 nitrogen and oxygen atoms in total. The number of amides is 1. The van der Waals surface area contributed by atoms with Gasteiger partial charge in [0.2, 0.25) is 0 Å². The highest BCUT2D eigenvalue weighted by Gasteiger charge is 2.29. The summed E-state index contributed by atoms with van der Waals surface area (Å²) >= 11 is 1.55. The van der Waals surface area contributed by atoms with Gasteiger partial charge < -0.3 is 15.0 Å². The van der Waals surface area contributed by atoms with Crippen molar-refractivity contribution in [2.45, 2.75) is 46.0 Å². The topological polar surface area (TPSA) is 59.8 Å². The number of esters is 1. The number of anilines is 1. The zero-order valence-electron chi connectivity index (χ0n) is 14.6. The van der Waals surface area contributed by atoms with Crippen LogP contribution in [0.4, 0.5) is 5.00 Å². The predicted molar refractivity (Wildman–Crippen MR) is 94.9 cm³/mol. The molecule has 0 radical (unpaired) electrons. The maximum absolute atomic E-state index is 12.5. The molecule has 1 amide bonds. The van der Waals surface area contributed by atoms with Crippen molar-refractivity contribution >= 4 is 28.2 Å². The SMILES string of the molecule is CCOC(=O)c1c(NC(=O)C[NH+]2CCC[C@H](C)C2)sc2c1CCC2. The number of fused-ring (bicyclic) bond motifs is 1. The van der Waals surface area contributed by atoms with Crippen molar-refractivity contribution in [1.82, 2.24) is 0 Å². The molecule has 1 aliphatic carbocycles. The first-order chi connectivity index (χ1) is 11.6. The van der Waals surface area contributed by atoms with E-state index < -0.39 is 0 Å². The van der Waals surface area contributed by atoms with E-state index in [2.05, 4.69) is 12.2 Å². The number of carbonyl (C=O) groups excluding carboxylic acids is 2. The summed E-state index contributed by atoms with van der Waals surface area (Å²) in [5.74, 6) is 0.387. The molecule has 1 aliphatic heterocycles. The molecule has 132 valence electrons. The first-order valence-electron chi connectivity index (χ1n) is 9.03. The molecule has 1 aromatic rings. The van der Waals surface area contributed by atoms with E-state index in [1.54, 1.807) is 11.3 Å². The molecule has 2 N–H and O–H groups in total. The van der Waals surface area contributed by atoms with Crippen molar-refractivity contribution in [3.63, 3.8) is 0 Å². The molecule has 3 rings (SSSR count). The predicted octanol–water partition coefficient (Wildman–Crippen LogP) is 1.67. The smallest absolute Gasteiger partial charge is 0.341 e. The maximum Gasteiger partial charge on any atom is 0.341 e. The van der Waals surface area contributed by atoms with Gasteiger partial charge in [0.1, 0.15) is 5.00 Å². The van der Waals surface area contributed by atoms with E-state index in [1.165, 1.54) is 22.6 Å². The van der Waals surface area contributed by atoms with Crippen LogP contribution < -0.4 is 10.2 Å². The normalized spacial score (nSPS) is 22.9. The Morgan fingerprint density at radius 1 is 1.33 bits per heavy atom. The van der Waals surface area contributed by atoms with Crippen LogP contribution in [0.1, 0.15) is 53.9 Å². The monoisotopic (exact) mass is 351 g/mol. The number of thiophene rings is 1. The zero-order valence-corrected chi connectivity index (χ0v) is 15.4. The summed E-state index contributed by atoms with van der Waals surface area (Å²) in [6.07, 6.45) is 5.43. The first kappa shape index (κ1) is 17.4. The van der Waals surface area contributed by atoms with Gasteiger partial charge in [0.15, 0.2) is 6.54 Å². The minimum absolute atomic E-state index is 0.00423. The summed E-state index contributed by atoms with van der Waals surface area (Å²) in [6, 6.07) is 0. The summed E-state index contributed by atoms with van der Waals surface area (Å²) in [4.78, 5) is 27.4. The number of quaternary nitrogens is 1. The lowest BCUT2D eigenvalue weighted by atomic mass is 10.0. The van der Waals surface area contributed by atoms with Gasteiger partial charge in [-0.2, -0.15) is 0 Å². The highest BCUT2D eigenvalue weighted by Crippen LogP contribution is 2.39. The molecule has 1 saturated heterocycles. The van der Waals surface area contributed by atoms with Crippen LogP contribution in [0.5, 0.6) is 0 Å². The quantitative estimate of drug-likeness (QED) is 0.794. The minimum Gasteiger partial charge on any atom is -0.462 e. The number of rotatable bonds is 5. The highest BCUT2D eigenvalue weighted by molar-refractivity contribution is 7.17. The third-order valence-corrected chi connectivity index (χ3v) is 6.14. The third-order valence-electron chi connectivity index (χ3n) is 4.93. The molecule has 24 heavy (non-hydrogen) atoms. The number of ether oxygens (including phenoxy) is 1. The Morgan fingerprint density at radius 2 is 2.17 bits per heavy atom. The van der Waals surface area contributed by atoms with Gasteiger partial charge in [0.05, 0.1) is 25.3 Å². The van der Waals surface area contributed by atoms with Crippen LogP contribution in [0.3, 0.4) is 0 Å². The van der Waals surface area contributed by atoms with Crippen LogP contribution in [0.2, 0.25) is 0 Å². The maximum atomic E-state index is 12.5. The van der Waals surface area contributed by atoms with Crippen LogP contribution in [0.25, 0.3) is 0 Å². The average Bonchev–Trinajstić information content (AvgIpc) is 3.07.